The standard InChI is InChI=1S/C28H25N3O6S/c1-31-23-14-21(35-2)12-13-22(23)29-24(31)17-36-20-10-8-18(9-11-20)15-28(25(32)30-27(34)38-28)26(33)37-16-19-6-4-3-5-7-19/h3-14H,15-17H2,1-2H3,(H,30,32,34)/t28-/m1/s1. The van der Waals surface area contributed by atoms with E-state index >= 15 is 0 Å². The van der Waals surface area contributed by atoms with Crippen molar-refractivity contribution < 1.29 is 28.6 Å². The molecule has 5 rings (SSSR count). The molecule has 0 spiro atoms. The van der Waals surface area contributed by atoms with Crippen LogP contribution in [0.3, 0.4) is 0 Å². The number of methoxy groups -OCH3 is 1. The number of carbonyl (C=O) groups excluding carboxylic acids is 3. The summed E-state index contributed by atoms with van der Waals surface area (Å²) in [6, 6.07) is 21.9. The second kappa shape index (κ2) is 10.6. The van der Waals surface area contributed by atoms with Gasteiger partial charge in [0.1, 0.15) is 30.5 Å². The summed E-state index contributed by atoms with van der Waals surface area (Å²) in [6.45, 7) is 0.251. The van der Waals surface area contributed by atoms with Gasteiger partial charge in [-0.2, -0.15) is 0 Å². The van der Waals surface area contributed by atoms with E-state index in [1.54, 1.807) is 31.4 Å². The predicted octanol–water partition coefficient (Wildman–Crippen LogP) is 4.17. The number of esters is 1. The second-order valence-corrected chi connectivity index (χ2v) is 10.1. The van der Waals surface area contributed by atoms with E-state index in [4.69, 9.17) is 14.2 Å². The molecular weight excluding hydrogens is 506 g/mol. The van der Waals surface area contributed by atoms with Gasteiger partial charge in [0.15, 0.2) is 0 Å². The lowest BCUT2D eigenvalue weighted by molar-refractivity contribution is -0.150. The minimum absolute atomic E-state index is 0.00423. The first kappa shape index (κ1) is 25.3. The topological polar surface area (TPSA) is 109 Å². The number of imide groups is 1. The number of imidazole rings is 1. The van der Waals surface area contributed by atoms with E-state index in [2.05, 4.69) is 10.3 Å². The fourth-order valence-corrected chi connectivity index (χ4v) is 5.19. The maximum atomic E-state index is 13.1. The van der Waals surface area contributed by atoms with Crippen molar-refractivity contribution in [1.29, 1.82) is 0 Å². The fourth-order valence-electron chi connectivity index (χ4n) is 4.20. The Morgan fingerprint density at radius 2 is 1.71 bits per heavy atom. The molecule has 9 nitrogen and oxygen atoms in total. The zero-order valence-electron chi connectivity index (χ0n) is 20.8. The predicted molar refractivity (Wildman–Crippen MR) is 142 cm³/mol. The Morgan fingerprint density at radius 1 is 0.974 bits per heavy atom. The number of thioether (sulfide) groups is 1. The third-order valence-electron chi connectivity index (χ3n) is 6.32. The molecule has 2 amide bonds. The van der Waals surface area contributed by atoms with Crippen LogP contribution < -0.4 is 14.8 Å². The van der Waals surface area contributed by atoms with Crippen LogP contribution >= 0.6 is 11.8 Å². The summed E-state index contributed by atoms with van der Waals surface area (Å²) in [5.74, 6) is 0.660. The van der Waals surface area contributed by atoms with Crippen molar-refractivity contribution in [2.24, 2.45) is 7.05 Å². The van der Waals surface area contributed by atoms with E-state index in [-0.39, 0.29) is 19.6 Å². The number of ether oxygens (including phenoxy) is 3. The van der Waals surface area contributed by atoms with Gasteiger partial charge in [0.2, 0.25) is 4.75 Å². The molecule has 0 saturated carbocycles. The van der Waals surface area contributed by atoms with Crippen LogP contribution in [-0.4, -0.2) is 38.5 Å². The van der Waals surface area contributed by atoms with Gasteiger partial charge in [0.05, 0.1) is 18.1 Å². The lowest BCUT2D eigenvalue weighted by Gasteiger charge is -2.22. The molecule has 1 fully saturated rings. The summed E-state index contributed by atoms with van der Waals surface area (Å²) in [5.41, 5.74) is 3.24. The first-order valence-electron chi connectivity index (χ1n) is 11.8. The Balaban J connectivity index is 1.27. The van der Waals surface area contributed by atoms with Gasteiger partial charge in [-0.15, -0.1) is 0 Å². The molecule has 0 aliphatic carbocycles. The van der Waals surface area contributed by atoms with E-state index in [1.165, 1.54) is 0 Å². The molecule has 2 heterocycles. The molecule has 194 valence electrons. The number of fused-ring (bicyclic) bond motifs is 1. The van der Waals surface area contributed by atoms with Gasteiger partial charge in [0, 0.05) is 19.5 Å². The highest BCUT2D eigenvalue weighted by Gasteiger charge is 2.55. The van der Waals surface area contributed by atoms with E-state index in [1.807, 2.05) is 60.1 Å². The molecule has 1 aliphatic rings. The number of hydrogen-bond donors (Lipinski definition) is 1. The van der Waals surface area contributed by atoms with Crippen LogP contribution in [0.5, 0.6) is 11.5 Å². The SMILES string of the molecule is COc1ccc2nc(COc3ccc(C[C@@]4(C(=O)OCc5ccccc5)SC(=O)NC4=O)cc3)n(C)c2c1. The second-order valence-electron chi connectivity index (χ2n) is 8.78. The number of rotatable bonds is 9. The summed E-state index contributed by atoms with van der Waals surface area (Å²) in [6.07, 6.45) is -0.00423. The van der Waals surface area contributed by atoms with Crippen LogP contribution in [0.25, 0.3) is 11.0 Å². The lowest BCUT2D eigenvalue weighted by Crippen LogP contribution is -2.46. The quantitative estimate of drug-likeness (QED) is 0.253. The van der Waals surface area contributed by atoms with Crippen molar-refractivity contribution >= 4 is 39.9 Å². The number of aryl methyl sites for hydroxylation is 1. The molecule has 4 aromatic rings. The minimum atomic E-state index is -1.69. The average Bonchev–Trinajstić information content (AvgIpc) is 3.41. The molecule has 3 aromatic carbocycles. The molecule has 0 bridgehead atoms. The Bertz CT molecular complexity index is 1500. The van der Waals surface area contributed by atoms with Crippen LogP contribution in [0.1, 0.15) is 17.0 Å². The summed E-state index contributed by atoms with van der Waals surface area (Å²) >= 11 is 0.652. The molecule has 1 saturated heterocycles. The van der Waals surface area contributed by atoms with Gasteiger partial charge in [-0.1, -0.05) is 42.5 Å². The first-order chi connectivity index (χ1) is 18.4. The van der Waals surface area contributed by atoms with Crippen LogP contribution in [-0.2, 0) is 41.0 Å². The molecule has 0 radical (unpaired) electrons. The number of nitrogens with one attached hydrogen (secondary N) is 1. The van der Waals surface area contributed by atoms with Crippen molar-refractivity contribution in [3.8, 4) is 11.5 Å². The number of benzene rings is 3. The smallest absolute Gasteiger partial charge is 0.333 e. The van der Waals surface area contributed by atoms with Crippen molar-refractivity contribution in [2.45, 2.75) is 24.4 Å². The Kier molecular flexibility index (Phi) is 7.06. The molecule has 1 atom stereocenters. The van der Waals surface area contributed by atoms with Crippen LogP contribution in [0, 0.1) is 0 Å². The van der Waals surface area contributed by atoms with Crippen molar-refractivity contribution in [2.75, 3.05) is 7.11 Å². The van der Waals surface area contributed by atoms with Gasteiger partial charge in [-0.05, 0) is 47.2 Å². The van der Waals surface area contributed by atoms with Gasteiger partial charge >= 0.3 is 5.97 Å². The normalized spacial score (nSPS) is 16.9. The molecule has 10 heteroatoms. The first-order valence-corrected chi connectivity index (χ1v) is 12.7. The Labute approximate surface area is 223 Å². The molecule has 0 unspecified atom stereocenters. The van der Waals surface area contributed by atoms with Gasteiger partial charge < -0.3 is 18.8 Å². The lowest BCUT2D eigenvalue weighted by atomic mass is 9.97. The highest BCUT2D eigenvalue weighted by atomic mass is 32.2. The highest BCUT2D eigenvalue weighted by Crippen LogP contribution is 2.37. The van der Waals surface area contributed by atoms with Crippen LogP contribution in [0.15, 0.2) is 72.8 Å². The van der Waals surface area contributed by atoms with E-state index in [9.17, 15) is 14.4 Å². The van der Waals surface area contributed by atoms with Crippen LogP contribution in [0.2, 0.25) is 0 Å². The Hall–Kier alpha value is -4.31. The number of carbonyl (C=O) groups is 3. The van der Waals surface area contributed by atoms with Gasteiger partial charge in [0.25, 0.3) is 11.1 Å². The van der Waals surface area contributed by atoms with E-state index in [0.717, 1.165) is 28.2 Å². The van der Waals surface area contributed by atoms with Gasteiger partial charge in [-0.3, -0.25) is 14.9 Å². The summed E-state index contributed by atoms with van der Waals surface area (Å²) in [5, 5.41) is 1.65. The Morgan fingerprint density at radius 3 is 2.39 bits per heavy atom. The van der Waals surface area contributed by atoms with Crippen LogP contribution in [0.4, 0.5) is 4.79 Å². The monoisotopic (exact) mass is 531 g/mol. The third-order valence-corrected chi connectivity index (χ3v) is 7.45. The van der Waals surface area contributed by atoms with Gasteiger partial charge in [-0.25, -0.2) is 9.78 Å². The summed E-state index contributed by atoms with van der Waals surface area (Å²) in [4.78, 5) is 42.5. The van der Waals surface area contributed by atoms with Crippen molar-refractivity contribution in [1.82, 2.24) is 14.9 Å². The van der Waals surface area contributed by atoms with Crippen molar-refractivity contribution in [3.63, 3.8) is 0 Å². The molecule has 1 aromatic heterocycles. The fraction of sp³-hybridized carbons (Fsp3) is 0.214. The molecule has 1 aliphatic heterocycles. The molecule has 1 N–H and O–H groups in total. The van der Waals surface area contributed by atoms with E-state index < -0.39 is 21.9 Å². The average molecular weight is 532 g/mol. The summed E-state index contributed by atoms with van der Waals surface area (Å²) < 4.78 is 16.9. The number of hydrogen-bond acceptors (Lipinski definition) is 8. The maximum Gasteiger partial charge on any atom is 0.333 e. The molecule has 38 heavy (non-hydrogen) atoms. The highest BCUT2D eigenvalue weighted by molar-refractivity contribution is 8.16. The molecular formula is C28H25N3O6S. The van der Waals surface area contributed by atoms with Crippen molar-refractivity contribution in [3.05, 3.63) is 89.7 Å². The number of aromatic nitrogens is 2. The zero-order valence-corrected chi connectivity index (χ0v) is 21.6. The minimum Gasteiger partial charge on any atom is -0.497 e. The summed E-state index contributed by atoms with van der Waals surface area (Å²) in [7, 11) is 3.54. The third kappa shape index (κ3) is 5.08. The zero-order chi connectivity index (χ0) is 26.7. The largest absolute Gasteiger partial charge is 0.497 e. The number of amides is 2. The maximum absolute atomic E-state index is 13.1. The van der Waals surface area contributed by atoms with E-state index in [0.29, 0.717) is 23.1 Å². The number of nitrogens with zero attached hydrogens (tertiary/aromatic N) is 2.